The highest BCUT2D eigenvalue weighted by molar-refractivity contribution is 6.31. The minimum atomic E-state index is 0.262. The zero-order valence-corrected chi connectivity index (χ0v) is 14.3. The van der Waals surface area contributed by atoms with E-state index in [2.05, 4.69) is 14.8 Å². The lowest BCUT2D eigenvalue weighted by Gasteiger charge is -2.34. The number of nitrogens with zero attached hydrogens (tertiary/aromatic N) is 4. The van der Waals surface area contributed by atoms with Crippen molar-refractivity contribution in [3.63, 3.8) is 0 Å². The van der Waals surface area contributed by atoms with Crippen LogP contribution in [0.1, 0.15) is 12.8 Å². The molecule has 0 atom stereocenters. The third-order valence-corrected chi connectivity index (χ3v) is 5.03. The van der Waals surface area contributed by atoms with E-state index in [0.29, 0.717) is 23.2 Å². The van der Waals surface area contributed by atoms with Gasteiger partial charge in [0.25, 0.3) is 6.01 Å². The molecule has 0 aliphatic carbocycles. The van der Waals surface area contributed by atoms with Gasteiger partial charge in [-0.3, -0.25) is 9.69 Å². The summed E-state index contributed by atoms with van der Waals surface area (Å²) in [4.78, 5) is 23.1. The van der Waals surface area contributed by atoms with Crippen LogP contribution in [0.5, 0.6) is 0 Å². The smallest absolute Gasteiger partial charge is 0.298 e. The molecule has 0 bridgehead atoms. The Balaban J connectivity index is 1.35. The number of likely N-dealkylation sites (tertiary alicyclic amines) is 1. The molecule has 128 valence electrons. The van der Waals surface area contributed by atoms with E-state index in [1.54, 1.807) is 6.07 Å². The summed E-state index contributed by atoms with van der Waals surface area (Å²) in [5, 5.41) is 0.649. The molecule has 2 aromatic rings. The molecule has 1 aromatic heterocycles. The maximum Gasteiger partial charge on any atom is 0.298 e. The van der Waals surface area contributed by atoms with Crippen LogP contribution in [0, 0.1) is 0 Å². The number of halogens is 1. The lowest BCUT2D eigenvalue weighted by atomic mass is 10.3. The third-order valence-electron chi connectivity index (χ3n) is 4.80. The van der Waals surface area contributed by atoms with Gasteiger partial charge in [-0.2, -0.15) is 4.98 Å². The van der Waals surface area contributed by atoms with E-state index in [1.165, 1.54) is 0 Å². The quantitative estimate of drug-likeness (QED) is 0.851. The van der Waals surface area contributed by atoms with Gasteiger partial charge >= 0.3 is 0 Å². The highest BCUT2D eigenvalue weighted by Gasteiger charge is 2.25. The fourth-order valence-corrected chi connectivity index (χ4v) is 3.54. The van der Waals surface area contributed by atoms with Crippen LogP contribution in [-0.4, -0.2) is 66.5 Å². The number of carbonyl (C=O) groups excluding carboxylic acids is 1. The zero-order chi connectivity index (χ0) is 16.5. The number of oxazole rings is 1. The molecule has 0 saturated carbocycles. The lowest BCUT2D eigenvalue weighted by molar-refractivity contribution is -0.131. The standard InChI is InChI=1S/C17H21ClN4O2/c18-13-3-4-14-15(11-13)24-17(19-14)22-9-7-20(8-10-22)12-16(23)21-5-1-2-6-21/h3-4,11H,1-2,5-10,12H2. The fourth-order valence-electron chi connectivity index (χ4n) is 3.38. The average Bonchev–Trinajstić information content (AvgIpc) is 3.24. The Labute approximate surface area is 146 Å². The van der Waals surface area contributed by atoms with Gasteiger partial charge in [-0.25, -0.2) is 0 Å². The number of fused-ring (bicyclic) bond motifs is 1. The van der Waals surface area contributed by atoms with Gasteiger partial charge in [0.2, 0.25) is 5.91 Å². The number of amides is 1. The second-order valence-electron chi connectivity index (χ2n) is 6.46. The van der Waals surface area contributed by atoms with Crippen molar-refractivity contribution in [3.8, 4) is 0 Å². The van der Waals surface area contributed by atoms with E-state index in [4.69, 9.17) is 16.0 Å². The summed E-state index contributed by atoms with van der Waals surface area (Å²) in [6.45, 7) is 5.69. The number of rotatable bonds is 3. The van der Waals surface area contributed by atoms with E-state index in [0.717, 1.165) is 57.6 Å². The van der Waals surface area contributed by atoms with Gasteiger partial charge in [0.15, 0.2) is 5.58 Å². The Bertz CT molecular complexity index is 733. The van der Waals surface area contributed by atoms with Gasteiger partial charge in [0.1, 0.15) is 5.52 Å². The lowest BCUT2D eigenvalue weighted by Crippen LogP contribution is -2.50. The summed E-state index contributed by atoms with van der Waals surface area (Å²) >= 11 is 5.99. The normalized spacial score (nSPS) is 19.4. The van der Waals surface area contributed by atoms with Crippen LogP contribution < -0.4 is 4.90 Å². The Hall–Kier alpha value is -1.79. The van der Waals surface area contributed by atoms with Gasteiger partial charge in [-0.05, 0) is 25.0 Å². The summed E-state index contributed by atoms with van der Waals surface area (Å²) < 4.78 is 5.82. The molecule has 0 radical (unpaired) electrons. The van der Waals surface area contributed by atoms with E-state index in [-0.39, 0.29) is 5.91 Å². The van der Waals surface area contributed by atoms with E-state index in [9.17, 15) is 4.79 Å². The molecule has 3 heterocycles. The van der Waals surface area contributed by atoms with Crippen LogP contribution in [0.4, 0.5) is 6.01 Å². The summed E-state index contributed by atoms with van der Waals surface area (Å²) in [5.74, 6) is 0.262. The number of carbonyl (C=O) groups is 1. The van der Waals surface area contributed by atoms with Gasteiger partial charge in [0, 0.05) is 50.4 Å². The minimum absolute atomic E-state index is 0.262. The molecule has 7 heteroatoms. The number of hydrogen-bond donors (Lipinski definition) is 0. The minimum Gasteiger partial charge on any atom is -0.423 e. The molecule has 4 rings (SSSR count). The van der Waals surface area contributed by atoms with Crippen LogP contribution in [0.2, 0.25) is 5.02 Å². The number of piperazine rings is 1. The Morgan fingerprint density at radius 2 is 1.88 bits per heavy atom. The predicted molar refractivity (Wildman–Crippen MR) is 93.5 cm³/mol. The highest BCUT2D eigenvalue weighted by Crippen LogP contribution is 2.25. The monoisotopic (exact) mass is 348 g/mol. The molecule has 0 N–H and O–H groups in total. The molecule has 2 saturated heterocycles. The van der Waals surface area contributed by atoms with Crippen LogP contribution in [0.25, 0.3) is 11.1 Å². The first-order valence-corrected chi connectivity index (χ1v) is 8.88. The second-order valence-corrected chi connectivity index (χ2v) is 6.90. The Morgan fingerprint density at radius 1 is 1.12 bits per heavy atom. The van der Waals surface area contributed by atoms with Crippen LogP contribution in [-0.2, 0) is 4.79 Å². The molecule has 1 aromatic carbocycles. The SMILES string of the molecule is O=C(CN1CCN(c2nc3ccc(Cl)cc3o2)CC1)N1CCCC1. The van der Waals surface area contributed by atoms with Crippen molar-refractivity contribution in [2.24, 2.45) is 0 Å². The topological polar surface area (TPSA) is 52.8 Å². The van der Waals surface area contributed by atoms with Crippen molar-refractivity contribution in [3.05, 3.63) is 23.2 Å². The van der Waals surface area contributed by atoms with Gasteiger partial charge in [-0.1, -0.05) is 11.6 Å². The van der Waals surface area contributed by atoms with E-state index in [1.807, 2.05) is 17.0 Å². The molecule has 24 heavy (non-hydrogen) atoms. The molecule has 2 fully saturated rings. The van der Waals surface area contributed by atoms with Crippen molar-refractivity contribution in [2.45, 2.75) is 12.8 Å². The molecule has 2 aliphatic rings. The number of aromatic nitrogens is 1. The molecule has 0 spiro atoms. The first kappa shape index (κ1) is 15.7. The average molecular weight is 349 g/mol. The molecular weight excluding hydrogens is 328 g/mol. The van der Waals surface area contributed by atoms with Gasteiger partial charge in [-0.15, -0.1) is 0 Å². The summed E-state index contributed by atoms with van der Waals surface area (Å²) in [6.07, 6.45) is 2.28. The third kappa shape index (κ3) is 3.21. The van der Waals surface area contributed by atoms with Crippen LogP contribution in [0.15, 0.2) is 22.6 Å². The fraction of sp³-hybridized carbons (Fsp3) is 0.529. The first-order valence-electron chi connectivity index (χ1n) is 8.50. The largest absolute Gasteiger partial charge is 0.423 e. The summed E-state index contributed by atoms with van der Waals surface area (Å²) in [5.41, 5.74) is 1.53. The maximum absolute atomic E-state index is 12.2. The molecular formula is C17H21ClN4O2. The highest BCUT2D eigenvalue weighted by atomic mass is 35.5. The molecule has 1 amide bonds. The molecule has 2 aliphatic heterocycles. The van der Waals surface area contributed by atoms with Crippen LogP contribution >= 0.6 is 11.6 Å². The van der Waals surface area contributed by atoms with Crippen molar-refractivity contribution >= 4 is 34.6 Å². The Kier molecular flexibility index (Phi) is 4.33. The number of anilines is 1. The van der Waals surface area contributed by atoms with Gasteiger partial charge in [0.05, 0.1) is 6.54 Å². The van der Waals surface area contributed by atoms with E-state index >= 15 is 0 Å². The Morgan fingerprint density at radius 3 is 2.62 bits per heavy atom. The van der Waals surface area contributed by atoms with Crippen molar-refractivity contribution in [1.29, 1.82) is 0 Å². The van der Waals surface area contributed by atoms with Crippen LogP contribution in [0.3, 0.4) is 0 Å². The molecule has 6 nitrogen and oxygen atoms in total. The predicted octanol–water partition coefficient (Wildman–Crippen LogP) is 2.23. The summed E-state index contributed by atoms with van der Waals surface area (Å²) in [7, 11) is 0. The molecule has 0 unspecified atom stereocenters. The van der Waals surface area contributed by atoms with Crippen molar-refractivity contribution in [2.75, 3.05) is 50.7 Å². The van der Waals surface area contributed by atoms with E-state index < -0.39 is 0 Å². The maximum atomic E-state index is 12.2. The number of benzene rings is 1. The van der Waals surface area contributed by atoms with Gasteiger partial charge < -0.3 is 14.2 Å². The number of hydrogen-bond acceptors (Lipinski definition) is 5. The summed E-state index contributed by atoms with van der Waals surface area (Å²) in [6, 6.07) is 6.12. The van der Waals surface area contributed by atoms with Crippen molar-refractivity contribution < 1.29 is 9.21 Å². The second kappa shape index (κ2) is 6.61. The van der Waals surface area contributed by atoms with Crippen molar-refractivity contribution in [1.82, 2.24) is 14.8 Å². The zero-order valence-electron chi connectivity index (χ0n) is 13.6. The first-order chi connectivity index (χ1) is 11.7.